The monoisotopic (exact) mass is 728 g/mol. The summed E-state index contributed by atoms with van der Waals surface area (Å²) < 4.78 is 80.3. The van der Waals surface area contributed by atoms with E-state index in [9.17, 15) is 13.2 Å². The smallest absolute Gasteiger partial charge is 0.389 e. The second-order valence-corrected chi connectivity index (χ2v) is 14.7. The number of hydrogen-bond donors (Lipinski definition) is 0. The Morgan fingerprint density at radius 3 is 2.21 bits per heavy atom. The molecule has 12 heteroatoms. The van der Waals surface area contributed by atoms with Crippen molar-refractivity contribution in [1.29, 1.82) is 0 Å². The molecule has 4 aliphatic rings. The molecule has 0 radical (unpaired) electrons. The van der Waals surface area contributed by atoms with E-state index in [1.807, 2.05) is 12.1 Å². The molecule has 0 fully saturated rings. The summed E-state index contributed by atoms with van der Waals surface area (Å²) in [5, 5.41) is 0. The van der Waals surface area contributed by atoms with Crippen LogP contribution in [-0.4, -0.2) is 27.8 Å². The predicted octanol–water partition coefficient (Wildman–Crippen LogP) is 7.48. The first kappa shape index (κ1) is 22.2. The molecule has 2 aliphatic heterocycles. The fraction of sp³-hybridized carbons (Fsp3) is 0.227. The van der Waals surface area contributed by atoms with Gasteiger partial charge >= 0.3 is 13.1 Å². The molecule has 0 unspecified atom stereocenters. The average molecular weight is 728 g/mol. The van der Waals surface area contributed by atoms with Crippen molar-refractivity contribution in [3.8, 4) is 10.6 Å². The summed E-state index contributed by atoms with van der Waals surface area (Å²) in [6.07, 6.45) is -1.23. The summed E-state index contributed by atoms with van der Waals surface area (Å²) in [5.41, 5.74) is 1.69. The number of aryl methyl sites for hydroxylation is 3. The summed E-state index contributed by atoms with van der Waals surface area (Å²) in [4.78, 5) is 1.33. The van der Waals surface area contributed by atoms with Crippen molar-refractivity contribution in [3.05, 3.63) is 68.6 Å². The molecule has 0 N–H and O–H groups in total. The normalized spacial score (nSPS) is 19.9. The fourth-order valence-electron chi connectivity index (χ4n) is 5.72. The van der Waals surface area contributed by atoms with Gasteiger partial charge in [-0.25, -0.2) is 0 Å². The molecule has 0 bridgehead atoms. The van der Waals surface area contributed by atoms with E-state index in [0.29, 0.717) is 46.6 Å². The van der Waals surface area contributed by atoms with Gasteiger partial charge in [-0.05, 0) is 106 Å². The van der Waals surface area contributed by atoms with E-state index in [-0.39, 0.29) is 11.4 Å². The molecule has 0 saturated heterocycles. The first-order valence-electron chi connectivity index (χ1n) is 10.6. The average Bonchev–Trinajstić information content (AvgIpc) is 3.46. The minimum absolute atomic E-state index is 0.251. The van der Waals surface area contributed by atoms with Crippen LogP contribution in [0.25, 0.3) is 16.1 Å². The van der Waals surface area contributed by atoms with Crippen LogP contribution in [0, 0.1) is 5.77 Å². The van der Waals surface area contributed by atoms with Crippen LogP contribution in [0.4, 0.5) is 21.8 Å². The van der Waals surface area contributed by atoms with E-state index < -0.39 is 30.1 Å². The molecule has 2 nitrogen and oxygen atoms in total. The molecule has 0 amide bonds. The van der Waals surface area contributed by atoms with Crippen molar-refractivity contribution in [2.45, 2.75) is 31.9 Å². The molecular weight excluding hydrogens is 716 g/mol. The van der Waals surface area contributed by atoms with Crippen molar-refractivity contribution >= 4 is 86.1 Å². The molecule has 0 spiro atoms. The van der Waals surface area contributed by atoms with Crippen LogP contribution in [0.2, 0.25) is 0 Å². The molecule has 0 atom stereocenters. The minimum atomic E-state index is -4.77. The van der Waals surface area contributed by atoms with Gasteiger partial charge < -0.3 is 17.6 Å². The lowest BCUT2D eigenvalue weighted by atomic mass is 9.86. The maximum Gasteiger partial charge on any atom is 0.738 e. The number of nitrogens with zero attached hydrogens (tertiary/aromatic N) is 2. The van der Waals surface area contributed by atoms with E-state index in [0.717, 1.165) is 25.9 Å². The largest absolute Gasteiger partial charge is 0.738 e. The zero-order chi connectivity index (χ0) is 23.7. The second-order valence-electron chi connectivity index (χ2n) is 8.82. The lowest BCUT2D eigenvalue weighted by Gasteiger charge is -2.34. The third-order valence-corrected chi connectivity index (χ3v) is 10.9. The Balaban J connectivity index is 1.62. The van der Waals surface area contributed by atoms with Crippen LogP contribution >= 0.6 is 67.9 Å². The first-order chi connectivity index (χ1) is 16.1. The SMILES string of the molecule is F[B-]1(F)n2c(cc3c2-c2sc(I)cc2CC3)C(C(F)(F)F)=C2C=C3CCc4cc(I)sc4C3=[N+]21. The van der Waals surface area contributed by atoms with Crippen molar-refractivity contribution < 1.29 is 26.3 Å². The minimum Gasteiger partial charge on any atom is -0.389 e. The Labute approximate surface area is 226 Å². The van der Waals surface area contributed by atoms with Crippen LogP contribution in [0.3, 0.4) is 0 Å². The van der Waals surface area contributed by atoms with Crippen LogP contribution in [0.15, 0.2) is 35.5 Å². The molecule has 0 saturated carbocycles. The van der Waals surface area contributed by atoms with E-state index in [4.69, 9.17) is 0 Å². The number of halogens is 7. The van der Waals surface area contributed by atoms with E-state index in [1.165, 1.54) is 34.8 Å². The Hall–Kier alpha value is -0.995. The summed E-state index contributed by atoms with van der Waals surface area (Å²) in [5.74, 6) is 0. The number of alkyl halides is 3. The quantitative estimate of drug-likeness (QED) is 0.129. The molecular formula is C22H12BF5I2N2S2. The number of hydrogen-bond acceptors (Lipinski definition) is 2. The number of rotatable bonds is 0. The van der Waals surface area contributed by atoms with Gasteiger partial charge in [0.1, 0.15) is 5.57 Å². The summed E-state index contributed by atoms with van der Waals surface area (Å²) >= 11 is 7.03. The molecule has 174 valence electrons. The maximum absolute atomic E-state index is 16.6. The van der Waals surface area contributed by atoms with Crippen molar-refractivity contribution in [2.24, 2.45) is 0 Å². The highest BCUT2D eigenvalue weighted by atomic mass is 127. The van der Waals surface area contributed by atoms with Gasteiger partial charge in [0.25, 0.3) is 0 Å². The highest BCUT2D eigenvalue weighted by Gasteiger charge is 2.60. The van der Waals surface area contributed by atoms with Crippen LogP contribution < -0.4 is 0 Å². The van der Waals surface area contributed by atoms with E-state index >= 15 is 8.63 Å². The van der Waals surface area contributed by atoms with Gasteiger partial charge in [0.15, 0.2) is 11.4 Å². The Bertz CT molecular complexity index is 1550. The van der Waals surface area contributed by atoms with Crippen LogP contribution in [0.5, 0.6) is 0 Å². The molecule has 3 aromatic heterocycles. The fourth-order valence-corrected chi connectivity index (χ4v) is 9.82. The van der Waals surface area contributed by atoms with Crippen molar-refractivity contribution in [3.63, 3.8) is 0 Å². The van der Waals surface area contributed by atoms with Gasteiger partial charge in [0, 0.05) is 23.0 Å². The Morgan fingerprint density at radius 1 is 0.882 bits per heavy atom. The third-order valence-electron chi connectivity index (χ3n) is 6.96. The summed E-state index contributed by atoms with van der Waals surface area (Å²) in [7, 11) is 0. The third kappa shape index (κ3) is 2.85. The maximum atomic E-state index is 16.6. The van der Waals surface area contributed by atoms with Crippen LogP contribution in [-0.2, 0) is 19.3 Å². The predicted molar refractivity (Wildman–Crippen MR) is 142 cm³/mol. The van der Waals surface area contributed by atoms with Crippen molar-refractivity contribution in [2.75, 3.05) is 0 Å². The molecule has 34 heavy (non-hydrogen) atoms. The molecule has 7 rings (SSSR count). The number of fused-ring (bicyclic) bond motifs is 9. The van der Waals surface area contributed by atoms with Gasteiger partial charge in [-0.3, -0.25) is 0 Å². The molecule has 5 heterocycles. The van der Waals surface area contributed by atoms with Gasteiger partial charge in [0.05, 0.1) is 15.5 Å². The van der Waals surface area contributed by atoms with Crippen LogP contribution in [0.1, 0.15) is 33.7 Å². The van der Waals surface area contributed by atoms with E-state index in [1.54, 1.807) is 0 Å². The molecule has 0 aromatic carbocycles. The first-order valence-corrected chi connectivity index (χ1v) is 14.4. The Kier molecular flexibility index (Phi) is 4.62. The Morgan fingerprint density at radius 2 is 1.50 bits per heavy atom. The number of aromatic nitrogens is 1. The highest BCUT2D eigenvalue weighted by Crippen LogP contribution is 2.52. The second kappa shape index (κ2) is 7.06. The van der Waals surface area contributed by atoms with Gasteiger partial charge in [-0.15, -0.1) is 22.7 Å². The lowest BCUT2D eigenvalue weighted by molar-refractivity contribution is -0.362. The molecule has 2 aliphatic carbocycles. The lowest BCUT2D eigenvalue weighted by Crippen LogP contribution is -2.52. The summed E-state index contributed by atoms with van der Waals surface area (Å²) in [6.45, 7) is -4.55. The zero-order valence-corrected chi connectivity index (χ0v) is 23.0. The van der Waals surface area contributed by atoms with Crippen molar-refractivity contribution in [1.82, 2.24) is 4.48 Å². The number of allylic oxidation sites excluding steroid dienone is 3. The highest BCUT2D eigenvalue weighted by molar-refractivity contribution is 14.1. The van der Waals surface area contributed by atoms with Gasteiger partial charge in [0.2, 0.25) is 0 Å². The zero-order valence-electron chi connectivity index (χ0n) is 17.1. The van der Waals surface area contributed by atoms with E-state index in [2.05, 4.69) is 45.2 Å². The number of thiophene rings is 2. The van der Waals surface area contributed by atoms with Gasteiger partial charge in [-0.1, -0.05) is 0 Å². The standard InChI is InChI=1S/C22H12BF5I2N2S2/c24-22(25,26)17-13-5-9-1-3-11-7-15(29)33-20(11)18(9)31(13)23(27,28)32-14(17)6-10-2-4-12-8-16(30)34-21(12)19(10)32/h5-8H,1-4H2. The summed E-state index contributed by atoms with van der Waals surface area (Å²) in [6, 6.07) is 5.27. The van der Waals surface area contributed by atoms with Gasteiger partial charge in [-0.2, -0.15) is 13.2 Å². The topological polar surface area (TPSA) is 7.94 Å². The molecule has 3 aromatic rings.